The Morgan fingerprint density at radius 3 is 2.58 bits per heavy atom. The lowest BCUT2D eigenvalue weighted by Gasteiger charge is -2.17. The largest absolute Gasteiger partial charge is 0.376 e. The Morgan fingerprint density at radius 1 is 1.16 bits per heavy atom. The number of hydrogen-bond acceptors (Lipinski definition) is 1. The Labute approximate surface area is 123 Å². The second kappa shape index (κ2) is 5.88. The summed E-state index contributed by atoms with van der Waals surface area (Å²) < 4.78 is 27.0. The number of halogens is 4. The SMILES string of the molecule is CC(Nc1cc(Br)c(F)cc1F)c1cccc(Cl)c1. The van der Waals surface area contributed by atoms with Crippen LogP contribution in [0.1, 0.15) is 18.5 Å². The van der Waals surface area contributed by atoms with Crippen LogP contribution < -0.4 is 5.32 Å². The lowest BCUT2D eigenvalue weighted by Crippen LogP contribution is -2.08. The zero-order valence-electron chi connectivity index (χ0n) is 10.1. The molecule has 2 aromatic carbocycles. The molecule has 0 heterocycles. The molecular weight excluding hydrogens is 336 g/mol. The predicted molar refractivity (Wildman–Crippen MR) is 77.5 cm³/mol. The normalized spacial score (nSPS) is 12.3. The molecule has 100 valence electrons. The van der Waals surface area contributed by atoms with E-state index in [1.165, 1.54) is 6.07 Å². The molecule has 19 heavy (non-hydrogen) atoms. The van der Waals surface area contributed by atoms with Crippen LogP contribution in [0, 0.1) is 11.6 Å². The molecule has 0 aliphatic heterocycles. The van der Waals surface area contributed by atoms with E-state index in [4.69, 9.17) is 11.6 Å². The fraction of sp³-hybridized carbons (Fsp3) is 0.143. The molecule has 1 N–H and O–H groups in total. The fourth-order valence-electron chi connectivity index (χ4n) is 1.73. The van der Waals surface area contributed by atoms with Gasteiger partial charge in [0.1, 0.15) is 11.6 Å². The molecular formula is C14H11BrClF2N. The van der Waals surface area contributed by atoms with Gasteiger partial charge in [-0.25, -0.2) is 8.78 Å². The quantitative estimate of drug-likeness (QED) is 0.718. The number of nitrogens with one attached hydrogen (secondary N) is 1. The Bertz CT molecular complexity index is 604. The van der Waals surface area contributed by atoms with Crippen LogP contribution in [0.25, 0.3) is 0 Å². The van der Waals surface area contributed by atoms with Crippen molar-refractivity contribution >= 4 is 33.2 Å². The number of benzene rings is 2. The molecule has 2 rings (SSSR count). The highest BCUT2D eigenvalue weighted by Gasteiger charge is 2.12. The highest BCUT2D eigenvalue weighted by Crippen LogP contribution is 2.27. The van der Waals surface area contributed by atoms with E-state index in [0.717, 1.165) is 11.6 Å². The summed E-state index contributed by atoms with van der Waals surface area (Å²) in [4.78, 5) is 0. The van der Waals surface area contributed by atoms with E-state index in [2.05, 4.69) is 21.2 Å². The molecule has 0 aliphatic rings. The summed E-state index contributed by atoms with van der Waals surface area (Å²) in [7, 11) is 0. The Hall–Kier alpha value is -1.13. The van der Waals surface area contributed by atoms with Crippen molar-refractivity contribution in [3.63, 3.8) is 0 Å². The van der Waals surface area contributed by atoms with E-state index in [1.807, 2.05) is 19.1 Å². The van der Waals surface area contributed by atoms with Gasteiger partial charge in [0.15, 0.2) is 0 Å². The van der Waals surface area contributed by atoms with Gasteiger partial charge in [-0.1, -0.05) is 23.7 Å². The third-order valence-corrected chi connectivity index (χ3v) is 3.57. The van der Waals surface area contributed by atoms with Gasteiger partial charge in [-0.3, -0.25) is 0 Å². The van der Waals surface area contributed by atoms with E-state index < -0.39 is 11.6 Å². The molecule has 0 aliphatic carbocycles. The minimum atomic E-state index is -0.630. The fourth-order valence-corrected chi connectivity index (χ4v) is 2.27. The smallest absolute Gasteiger partial charge is 0.149 e. The first-order chi connectivity index (χ1) is 8.97. The maximum atomic E-state index is 13.6. The second-order valence-electron chi connectivity index (χ2n) is 4.17. The molecule has 1 unspecified atom stereocenters. The molecule has 1 atom stereocenters. The van der Waals surface area contributed by atoms with Gasteiger partial charge in [-0.05, 0) is 46.6 Å². The van der Waals surface area contributed by atoms with Crippen molar-refractivity contribution in [1.82, 2.24) is 0 Å². The number of hydrogen-bond donors (Lipinski definition) is 1. The maximum Gasteiger partial charge on any atom is 0.149 e. The van der Waals surface area contributed by atoms with Crippen LogP contribution in [-0.4, -0.2) is 0 Å². The van der Waals surface area contributed by atoms with Crippen molar-refractivity contribution in [2.45, 2.75) is 13.0 Å². The Kier molecular flexibility index (Phi) is 4.42. The van der Waals surface area contributed by atoms with E-state index >= 15 is 0 Å². The number of anilines is 1. The van der Waals surface area contributed by atoms with Crippen LogP contribution in [0.5, 0.6) is 0 Å². The average Bonchev–Trinajstić information content (AvgIpc) is 2.36. The molecule has 0 bridgehead atoms. The minimum Gasteiger partial charge on any atom is -0.376 e. The first-order valence-corrected chi connectivity index (χ1v) is 6.81. The summed E-state index contributed by atoms with van der Waals surface area (Å²) in [6, 6.07) is 9.36. The van der Waals surface area contributed by atoms with Crippen LogP contribution in [0.2, 0.25) is 5.02 Å². The van der Waals surface area contributed by atoms with Crippen LogP contribution in [0.3, 0.4) is 0 Å². The number of rotatable bonds is 3. The van der Waals surface area contributed by atoms with Gasteiger partial charge in [0.05, 0.1) is 10.2 Å². The van der Waals surface area contributed by atoms with Crippen molar-refractivity contribution in [3.8, 4) is 0 Å². The molecule has 0 spiro atoms. The van der Waals surface area contributed by atoms with Gasteiger partial charge >= 0.3 is 0 Å². The summed E-state index contributed by atoms with van der Waals surface area (Å²) in [5.41, 5.74) is 1.16. The topological polar surface area (TPSA) is 12.0 Å². The van der Waals surface area contributed by atoms with E-state index in [-0.39, 0.29) is 16.2 Å². The lowest BCUT2D eigenvalue weighted by atomic mass is 10.1. The third kappa shape index (κ3) is 3.45. The molecule has 0 radical (unpaired) electrons. The van der Waals surface area contributed by atoms with E-state index in [1.54, 1.807) is 12.1 Å². The van der Waals surface area contributed by atoms with Crippen molar-refractivity contribution < 1.29 is 8.78 Å². The highest BCUT2D eigenvalue weighted by molar-refractivity contribution is 9.10. The maximum absolute atomic E-state index is 13.6. The van der Waals surface area contributed by atoms with Crippen LogP contribution in [0.4, 0.5) is 14.5 Å². The molecule has 1 nitrogen and oxygen atoms in total. The van der Waals surface area contributed by atoms with E-state index in [0.29, 0.717) is 5.02 Å². The highest BCUT2D eigenvalue weighted by atomic mass is 79.9. The van der Waals surface area contributed by atoms with Gasteiger partial charge in [-0.15, -0.1) is 0 Å². The molecule has 0 fully saturated rings. The monoisotopic (exact) mass is 345 g/mol. The molecule has 5 heteroatoms. The molecule has 0 amide bonds. The summed E-state index contributed by atoms with van der Waals surface area (Å²) in [6.45, 7) is 1.88. The van der Waals surface area contributed by atoms with Crippen LogP contribution in [0.15, 0.2) is 40.9 Å². The zero-order valence-corrected chi connectivity index (χ0v) is 12.4. The van der Waals surface area contributed by atoms with Crippen LogP contribution >= 0.6 is 27.5 Å². The van der Waals surface area contributed by atoms with Crippen LogP contribution in [-0.2, 0) is 0 Å². The zero-order chi connectivity index (χ0) is 14.0. The van der Waals surface area contributed by atoms with Crippen molar-refractivity contribution in [2.24, 2.45) is 0 Å². The summed E-state index contributed by atoms with van der Waals surface area (Å²) in [5.74, 6) is -1.26. The molecule has 0 aromatic heterocycles. The molecule has 0 saturated carbocycles. The molecule has 2 aromatic rings. The lowest BCUT2D eigenvalue weighted by molar-refractivity contribution is 0.579. The Morgan fingerprint density at radius 2 is 1.89 bits per heavy atom. The van der Waals surface area contributed by atoms with E-state index in [9.17, 15) is 8.78 Å². The Balaban J connectivity index is 2.24. The third-order valence-electron chi connectivity index (χ3n) is 2.73. The van der Waals surface area contributed by atoms with Crippen molar-refractivity contribution in [3.05, 3.63) is 63.1 Å². The second-order valence-corrected chi connectivity index (χ2v) is 5.46. The summed E-state index contributed by atoms with van der Waals surface area (Å²) in [5, 5.41) is 3.61. The standard InChI is InChI=1S/C14H11BrClF2N/c1-8(9-3-2-4-10(16)5-9)19-14-6-11(15)12(17)7-13(14)18/h2-8,19H,1H3. The first-order valence-electron chi connectivity index (χ1n) is 5.64. The summed E-state index contributed by atoms with van der Waals surface area (Å²) >= 11 is 8.95. The molecule has 0 saturated heterocycles. The average molecular weight is 347 g/mol. The first kappa shape index (κ1) is 14.3. The van der Waals surface area contributed by atoms with Crippen molar-refractivity contribution in [2.75, 3.05) is 5.32 Å². The van der Waals surface area contributed by atoms with Gasteiger partial charge in [0.25, 0.3) is 0 Å². The van der Waals surface area contributed by atoms with Crippen molar-refractivity contribution in [1.29, 1.82) is 0 Å². The van der Waals surface area contributed by atoms with Gasteiger partial charge in [-0.2, -0.15) is 0 Å². The van der Waals surface area contributed by atoms with Gasteiger partial charge < -0.3 is 5.32 Å². The predicted octanol–water partition coefficient (Wildman–Crippen LogP) is 5.55. The van der Waals surface area contributed by atoms with Gasteiger partial charge in [0.2, 0.25) is 0 Å². The van der Waals surface area contributed by atoms with Gasteiger partial charge in [0, 0.05) is 17.1 Å². The summed E-state index contributed by atoms with van der Waals surface area (Å²) in [6.07, 6.45) is 0. The minimum absolute atomic E-state index is 0.148.